The first-order valence-electron chi connectivity index (χ1n) is 11.2. The lowest BCUT2D eigenvalue weighted by Gasteiger charge is -2.19. The highest BCUT2D eigenvalue weighted by Gasteiger charge is 2.17. The average molecular weight is 406 g/mol. The van der Waals surface area contributed by atoms with E-state index >= 15 is 0 Å². The summed E-state index contributed by atoms with van der Waals surface area (Å²) in [4.78, 5) is 16.8. The van der Waals surface area contributed by atoms with Gasteiger partial charge in [-0.2, -0.15) is 0 Å². The van der Waals surface area contributed by atoms with E-state index in [9.17, 15) is 4.79 Å². The van der Waals surface area contributed by atoms with Gasteiger partial charge in [0.25, 0.3) is 0 Å². The molecule has 0 atom stereocenters. The Labute approximate surface area is 181 Å². The van der Waals surface area contributed by atoms with Gasteiger partial charge in [0.1, 0.15) is 0 Å². The van der Waals surface area contributed by atoms with Crippen LogP contribution in [0.1, 0.15) is 81.7 Å². The summed E-state index contributed by atoms with van der Waals surface area (Å²) in [6, 6.07) is 12.3. The predicted molar refractivity (Wildman–Crippen MR) is 126 cm³/mol. The molecule has 0 saturated heterocycles. The van der Waals surface area contributed by atoms with E-state index in [1.54, 1.807) is 6.08 Å². The zero-order valence-electron chi connectivity index (χ0n) is 18.9. The van der Waals surface area contributed by atoms with Gasteiger partial charge in [0, 0.05) is 17.8 Å². The van der Waals surface area contributed by atoms with Gasteiger partial charge < -0.3 is 4.74 Å². The quantitative estimate of drug-likeness (QED) is 0.226. The Morgan fingerprint density at radius 3 is 2.40 bits per heavy atom. The molecule has 1 aromatic heterocycles. The molecular formula is C27H35NO2. The van der Waals surface area contributed by atoms with Crippen molar-refractivity contribution >= 4 is 17.6 Å². The summed E-state index contributed by atoms with van der Waals surface area (Å²) in [6.45, 7) is 9.12. The molecule has 0 spiro atoms. The van der Waals surface area contributed by atoms with E-state index in [1.165, 1.54) is 16.7 Å². The minimum absolute atomic E-state index is 0.290. The van der Waals surface area contributed by atoms with Gasteiger partial charge >= 0.3 is 5.97 Å². The summed E-state index contributed by atoms with van der Waals surface area (Å²) in [7, 11) is 0. The van der Waals surface area contributed by atoms with E-state index in [0.29, 0.717) is 6.61 Å². The maximum Gasteiger partial charge on any atom is 0.330 e. The lowest BCUT2D eigenvalue weighted by Crippen LogP contribution is -2.03. The molecule has 0 unspecified atom stereocenters. The molecule has 30 heavy (non-hydrogen) atoms. The topological polar surface area (TPSA) is 39.2 Å². The van der Waals surface area contributed by atoms with Gasteiger partial charge in [0.2, 0.25) is 0 Å². The Balaban J connectivity index is 2.56. The number of benzene rings is 1. The van der Waals surface area contributed by atoms with Gasteiger partial charge in [-0.1, -0.05) is 69.9 Å². The van der Waals surface area contributed by atoms with Crippen molar-refractivity contribution in [3.63, 3.8) is 0 Å². The van der Waals surface area contributed by atoms with Gasteiger partial charge in [0.15, 0.2) is 0 Å². The second-order valence-electron chi connectivity index (χ2n) is 7.59. The van der Waals surface area contributed by atoms with Crippen LogP contribution >= 0.6 is 0 Å². The standard InChI is InChI=1S/C27H35NO2/c1-5-8-20-30-25(29)18-17-23-15-11-14-21(4)26(23)27(22(12-6-2)13-7-3)24-16-9-10-19-28-24/h9-11,14-19H,5-8,12-13,20H2,1-4H3/b18-17+. The predicted octanol–water partition coefficient (Wildman–Crippen LogP) is 7.15. The highest BCUT2D eigenvalue weighted by atomic mass is 16.5. The molecule has 2 rings (SSSR count). The first-order valence-corrected chi connectivity index (χ1v) is 11.2. The number of allylic oxidation sites excluding steroid dienone is 1. The molecule has 0 saturated carbocycles. The number of carbonyl (C=O) groups is 1. The van der Waals surface area contributed by atoms with E-state index < -0.39 is 0 Å². The third-order valence-electron chi connectivity index (χ3n) is 5.07. The Morgan fingerprint density at radius 1 is 1.00 bits per heavy atom. The Bertz CT molecular complexity index is 858. The minimum atomic E-state index is -0.290. The molecule has 3 nitrogen and oxygen atoms in total. The fraction of sp³-hybridized carbons (Fsp3) is 0.407. The van der Waals surface area contributed by atoms with Crippen molar-refractivity contribution < 1.29 is 9.53 Å². The van der Waals surface area contributed by atoms with E-state index in [0.717, 1.165) is 55.3 Å². The second kappa shape index (κ2) is 12.8. The summed E-state index contributed by atoms with van der Waals surface area (Å²) >= 11 is 0. The Kier molecular flexibility index (Phi) is 10.1. The molecule has 0 aliphatic heterocycles. The molecule has 2 aromatic rings. The number of aryl methyl sites for hydroxylation is 1. The highest BCUT2D eigenvalue weighted by Crippen LogP contribution is 2.35. The molecule has 0 aliphatic carbocycles. The van der Waals surface area contributed by atoms with Crippen LogP contribution in [0, 0.1) is 6.92 Å². The maximum atomic E-state index is 12.1. The van der Waals surface area contributed by atoms with Crippen molar-refractivity contribution in [3.05, 3.63) is 76.6 Å². The number of ether oxygens (including phenoxy) is 1. The molecule has 0 radical (unpaired) electrons. The second-order valence-corrected chi connectivity index (χ2v) is 7.59. The number of pyridine rings is 1. The number of carbonyl (C=O) groups excluding carboxylic acids is 1. The maximum absolute atomic E-state index is 12.1. The van der Waals surface area contributed by atoms with Crippen molar-refractivity contribution in [2.75, 3.05) is 6.61 Å². The first kappa shape index (κ1) is 23.6. The van der Waals surface area contributed by atoms with E-state index in [2.05, 4.69) is 45.9 Å². The van der Waals surface area contributed by atoms with Crippen molar-refractivity contribution in [3.8, 4) is 0 Å². The van der Waals surface area contributed by atoms with Crippen LogP contribution < -0.4 is 0 Å². The summed E-state index contributed by atoms with van der Waals surface area (Å²) in [6.07, 6.45) is 11.4. The molecule has 0 aliphatic rings. The molecule has 1 heterocycles. The fourth-order valence-electron chi connectivity index (χ4n) is 3.67. The number of hydrogen-bond acceptors (Lipinski definition) is 3. The molecule has 0 N–H and O–H groups in total. The molecule has 0 fully saturated rings. The minimum Gasteiger partial charge on any atom is -0.463 e. The van der Waals surface area contributed by atoms with Crippen LogP contribution in [0.25, 0.3) is 11.6 Å². The molecule has 3 heteroatoms. The van der Waals surface area contributed by atoms with Gasteiger partial charge in [-0.15, -0.1) is 0 Å². The van der Waals surface area contributed by atoms with Crippen LogP contribution in [0.5, 0.6) is 0 Å². The van der Waals surface area contributed by atoms with Crippen molar-refractivity contribution in [1.82, 2.24) is 4.98 Å². The SMILES string of the molecule is CCCCOC(=O)/C=C/c1cccc(C)c1C(=C(CCC)CCC)c1ccccn1. The number of nitrogens with zero attached hydrogens (tertiary/aromatic N) is 1. The van der Waals surface area contributed by atoms with Gasteiger partial charge in [-0.05, 0) is 61.1 Å². The van der Waals surface area contributed by atoms with Crippen LogP contribution in [0.4, 0.5) is 0 Å². The third kappa shape index (κ3) is 6.69. The summed E-state index contributed by atoms with van der Waals surface area (Å²) in [5, 5.41) is 0. The largest absolute Gasteiger partial charge is 0.463 e. The monoisotopic (exact) mass is 405 g/mol. The number of esters is 1. The molecule has 0 bridgehead atoms. The third-order valence-corrected chi connectivity index (χ3v) is 5.07. The summed E-state index contributed by atoms with van der Waals surface area (Å²) in [5.74, 6) is -0.290. The molecular weight excluding hydrogens is 370 g/mol. The zero-order valence-corrected chi connectivity index (χ0v) is 18.9. The lowest BCUT2D eigenvalue weighted by atomic mass is 9.86. The highest BCUT2D eigenvalue weighted by molar-refractivity contribution is 5.91. The Morgan fingerprint density at radius 2 is 1.77 bits per heavy atom. The summed E-state index contributed by atoms with van der Waals surface area (Å²) < 4.78 is 5.29. The molecule has 1 aromatic carbocycles. The van der Waals surface area contributed by atoms with Crippen LogP contribution in [0.2, 0.25) is 0 Å². The van der Waals surface area contributed by atoms with Gasteiger partial charge in [-0.25, -0.2) is 4.79 Å². The van der Waals surface area contributed by atoms with E-state index in [1.807, 2.05) is 30.5 Å². The number of unbranched alkanes of at least 4 members (excludes halogenated alkanes) is 1. The number of aromatic nitrogens is 1. The van der Waals surface area contributed by atoms with Gasteiger partial charge in [0.05, 0.1) is 12.3 Å². The number of hydrogen-bond donors (Lipinski definition) is 0. The average Bonchev–Trinajstić information content (AvgIpc) is 2.75. The zero-order chi connectivity index (χ0) is 21.8. The molecule has 0 amide bonds. The van der Waals surface area contributed by atoms with Crippen LogP contribution in [0.15, 0.2) is 54.2 Å². The van der Waals surface area contributed by atoms with Crippen molar-refractivity contribution in [1.29, 1.82) is 0 Å². The normalized spacial score (nSPS) is 10.9. The summed E-state index contributed by atoms with van der Waals surface area (Å²) in [5.41, 5.74) is 6.98. The van der Waals surface area contributed by atoms with E-state index in [-0.39, 0.29) is 5.97 Å². The van der Waals surface area contributed by atoms with Crippen LogP contribution in [0.3, 0.4) is 0 Å². The van der Waals surface area contributed by atoms with E-state index in [4.69, 9.17) is 9.72 Å². The van der Waals surface area contributed by atoms with Crippen molar-refractivity contribution in [2.45, 2.75) is 66.2 Å². The lowest BCUT2D eigenvalue weighted by molar-refractivity contribution is -0.137. The Hall–Kier alpha value is -2.68. The smallest absolute Gasteiger partial charge is 0.330 e. The first-order chi connectivity index (χ1) is 14.6. The van der Waals surface area contributed by atoms with Crippen LogP contribution in [-0.4, -0.2) is 17.6 Å². The van der Waals surface area contributed by atoms with Crippen LogP contribution in [-0.2, 0) is 9.53 Å². The fourth-order valence-corrected chi connectivity index (χ4v) is 3.67. The van der Waals surface area contributed by atoms with Gasteiger partial charge in [-0.3, -0.25) is 4.98 Å². The number of rotatable bonds is 11. The van der Waals surface area contributed by atoms with Crippen molar-refractivity contribution in [2.24, 2.45) is 0 Å². The molecule has 160 valence electrons.